The molecule has 0 spiro atoms. The molecule has 1 aromatic carbocycles. The van der Waals surface area contributed by atoms with Crippen molar-refractivity contribution < 1.29 is 0 Å². The molecule has 3 aromatic rings. The molecular weight excluding hydrogens is 216 g/mol. The Morgan fingerprint density at radius 1 is 1.18 bits per heavy atom. The fourth-order valence-corrected chi connectivity index (χ4v) is 1.81. The van der Waals surface area contributed by atoms with Gasteiger partial charge in [-0.3, -0.25) is 4.79 Å². The molecule has 3 rings (SSSR count). The summed E-state index contributed by atoms with van der Waals surface area (Å²) in [5.74, 6) is 6.19. The number of fused-ring (bicyclic) bond motifs is 1. The highest BCUT2D eigenvalue weighted by Crippen LogP contribution is 2.14. The zero-order chi connectivity index (χ0) is 11.8. The third-order valence-electron chi connectivity index (χ3n) is 2.65. The van der Waals surface area contributed by atoms with Crippen LogP contribution in [0.15, 0.2) is 47.4 Å². The molecular formula is C12H10N4O. The molecule has 0 aliphatic rings. The largest absolute Gasteiger partial charge is 0.359 e. The summed E-state index contributed by atoms with van der Waals surface area (Å²) < 4.78 is 1.06. The van der Waals surface area contributed by atoms with Crippen molar-refractivity contribution in [3.05, 3.63) is 52.9 Å². The standard InChI is InChI=1S/C12H10N4O/c13-16-11(10-6-3-7-14-10)15-9-5-2-1-4-8(9)12(16)17/h1-7,14H,13H2. The van der Waals surface area contributed by atoms with Crippen molar-refractivity contribution in [2.45, 2.75) is 0 Å². The van der Waals surface area contributed by atoms with Gasteiger partial charge in [0.2, 0.25) is 0 Å². The van der Waals surface area contributed by atoms with E-state index in [1.54, 1.807) is 24.4 Å². The summed E-state index contributed by atoms with van der Waals surface area (Å²) in [6, 6.07) is 10.8. The number of H-pyrrole nitrogens is 1. The summed E-state index contributed by atoms with van der Waals surface area (Å²) >= 11 is 0. The van der Waals surface area contributed by atoms with Crippen LogP contribution in [-0.2, 0) is 0 Å². The number of benzene rings is 1. The minimum Gasteiger partial charge on any atom is -0.359 e. The number of nitrogens with zero attached hydrogens (tertiary/aromatic N) is 2. The summed E-state index contributed by atoms with van der Waals surface area (Å²) in [4.78, 5) is 19.4. The van der Waals surface area contributed by atoms with Crippen molar-refractivity contribution in [1.82, 2.24) is 14.6 Å². The van der Waals surface area contributed by atoms with Crippen LogP contribution >= 0.6 is 0 Å². The van der Waals surface area contributed by atoms with E-state index in [1.165, 1.54) is 0 Å². The SMILES string of the molecule is Nn1c(-c2ccc[nH]2)nc2ccccc2c1=O. The van der Waals surface area contributed by atoms with E-state index in [-0.39, 0.29) is 5.56 Å². The Kier molecular flexibility index (Phi) is 1.98. The van der Waals surface area contributed by atoms with Crippen LogP contribution < -0.4 is 11.4 Å². The van der Waals surface area contributed by atoms with Gasteiger partial charge in [-0.2, -0.15) is 0 Å². The van der Waals surface area contributed by atoms with E-state index in [1.807, 2.05) is 18.2 Å². The van der Waals surface area contributed by atoms with E-state index >= 15 is 0 Å². The first-order valence-corrected chi connectivity index (χ1v) is 5.18. The minimum atomic E-state index is -0.250. The lowest BCUT2D eigenvalue weighted by Gasteiger charge is -2.06. The number of nitrogen functional groups attached to an aromatic ring is 1. The highest BCUT2D eigenvalue weighted by atomic mass is 16.1. The van der Waals surface area contributed by atoms with Crippen molar-refractivity contribution in [3.63, 3.8) is 0 Å². The van der Waals surface area contributed by atoms with Gasteiger partial charge in [0.1, 0.15) is 0 Å². The van der Waals surface area contributed by atoms with Crippen LogP contribution in [0.25, 0.3) is 22.4 Å². The van der Waals surface area contributed by atoms with E-state index in [0.29, 0.717) is 16.7 Å². The molecule has 2 heterocycles. The molecule has 0 saturated carbocycles. The van der Waals surface area contributed by atoms with Crippen molar-refractivity contribution in [3.8, 4) is 11.5 Å². The molecule has 0 fully saturated rings. The normalized spacial score (nSPS) is 10.8. The molecule has 0 amide bonds. The maximum absolute atomic E-state index is 12.0. The quantitative estimate of drug-likeness (QED) is 0.610. The molecule has 0 bridgehead atoms. The summed E-state index contributed by atoms with van der Waals surface area (Å²) in [5.41, 5.74) is 1.11. The molecule has 5 nitrogen and oxygen atoms in total. The van der Waals surface area contributed by atoms with E-state index < -0.39 is 0 Å². The Morgan fingerprint density at radius 2 is 2.00 bits per heavy atom. The van der Waals surface area contributed by atoms with Crippen molar-refractivity contribution in [2.24, 2.45) is 0 Å². The van der Waals surface area contributed by atoms with Crippen LogP contribution in [0.2, 0.25) is 0 Å². The lowest BCUT2D eigenvalue weighted by molar-refractivity contribution is 0.921. The molecule has 0 aliphatic heterocycles. The zero-order valence-corrected chi connectivity index (χ0v) is 8.92. The highest BCUT2D eigenvalue weighted by molar-refractivity contribution is 5.79. The van der Waals surface area contributed by atoms with Gasteiger partial charge in [-0.1, -0.05) is 12.1 Å². The van der Waals surface area contributed by atoms with Gasteiger partial charge in [0, 0.05) is 6.20 Å². The Hall–Kier alpha value is -2.56. The lowest BCUT2D eigenvalue weighted by Crippen LogP contribution is -2.29. The van der Waals surface area contributed by atoms with E-state index in [2.05, 4.69) is 9.97 Å². The fraction of sp³-hybridized carbons (Fsp3) is 0. The topological polar surface area (TPSA) is 76.7 Å². The number of nitrogens with two attached hydrogens (primary N) is 1. The first kappa shape index (κ1) is 9.65. The first-order valence-electron chi connectivity index (χ1n) is 5.18. The Balaban J connectivity index is 2.42. The van der Waals surface area contributed by atoms with Crippen molar-refractivity contribution in [2.75, 3.05) is 5.84 Å². The third kappa shape index (κ3) is 1.40. The third-order valence-corrected chi connectivity index (χ3v) is 2.65. The van der Waals surface area contributed by atoms with Crippen molar-refractivity contribution in [1.29, 1.82) is 0 Å². The van der Waals surface area contributed by atoms with Gasteiger partial charge in [0.15, 0.2) is 5.82 Å². The molecule has 84 valence electrons. The number of aromatic nitrogens is 3. The maximum Gasteiger partial charge on any atom is 0.280 e. The molecule has 17 heavy (non-hydrogen) atoms. The fourth-order valence-electron chi connectivity index (χ4n) is 1.81. The number of hydrogen-bond donors (Lipinski definition) is 2. The average Bonchev–Trinajstić information content (AvgIpc) is 2.87. The average molecular weight is 226 g/mol. The van der Waals surface area contributed by atoms with Gasteiger partial charge in [0.25, 0.3) is 5.56 Å². The molecule has 0 aliphatic carbocycles. The van der Waals surface area contributed by atoms with Gasteiger partial charge in [-0.15, -0.1) is 0 Å². The first-order chi connectivity index (χ1) is 8.27. The molecule has 0 saturated heterocycles. The minimum absolute atomic E-state index is 0.250. The van der Waals surface area contributed by atoms with Crippen LogP contribution in [0.1, 0.15) is 0 Å². The van der Waals surface area contributed by atoms with Gasteiger partial charge < -0.3 is 10.8 Å². The number of rotatable bonds is 1. The van der Waals surface area contributed by atoms with E-state index in [0.717, 1.165) is 10.4 Å². The number of para-hydroxylation sites is 1. The monoisotopic (exact) mass is 226 g/mol. The van der Waals surface area contributed by atoms with Gasteiger partial charge in [-0.25, -0.2) is 9.66 Å². The van der Waals surface area contributed by atoms with Crippen LogP contribution in [0.3, 0.4) is 0 Å². The van der Waals surface area contributed by atoms with Crippen LogP contribution in [0, 0.1) is 0 Å². The molecule has 3 N–H and O–H groups in total. The van der Waals surface area contributed by atoms with Crippen molar-refractivity contribution >= 4 is 10.9 Å². The molecule has 5 heteroatoms. The number of nitrogens with one attached hydrogen (secondary N) is 1. The smallest absolute Gasteiger partial charge is 0.280 e. The summed E-state index contributed by atoms with van der Waals surface area (Å²) in [7, 11) is 0. The maximum atomic E-state index is 12.0. The summed E-state index contributed by atoms with van der Waals surface area (Å²) in [5, 5.41) is 0.519. The predicted octanol–water partition coefficient (Wildman–Crippen LogP) is 1.11. The van der Waals surface area contributed by atoms with Gasteiger partial charge in [-0.05, 0) is 24.3 Å². The zero-order valence-electron chi connectivity index (χ0n) is 8.92. The van der Waals surface area contributed by atoms with Gasteiger partial charge in [0.05, 0.1) is 16.6 Å². The Labute approximate surface area is 96.5 Å². The summed E-state index contributed by atoms with van der Waals surface area (Å²) in [6.07, 6.45) is 1.76. The van der Waals surface area contributed by atoms with Crippen LogP contribution in [0.5, 0.6) is 0 Å². The number of aromatic amines is 1. The molecule has 0 atom stereocenters. The van der Waals surface area contributed by atoms with Crippen LogP contribution in [-0.4, -0.2) is 14.6 Å². The summed E-state index contributed by atoms with van der Waals surface area (Å²) in [6.45, 7) is 0. The highest BCUT2D eigenvalue weighted by Gasteiger charge is 2.10. The van der Waals surface area contributed by atoms with E-state index in [9.17, 15) is 4.79 Å². The Morgan fingerprint density at radius 3 is 2.76 bits per heavy atom. The lowest BCUT2D eigenvalue weighted by atomic mass is 10.2. The number of hydrogen-bond acceptors (Lipinski definition) is 3. The molecule has 0 unspecified atom stereocenters. The second-order valence-electron chi connectivity index (χ2n) is 3.71. The van der Waals surface area contributed by atoms with Gasteiger partial charge >= 0.3 is 0 Å². The van der Waals surface area contributed by atoms with E-state index in [4.69, 9.17) is 5.84 Å². The predicted molar refractivity (Wildman–Crippen MR) is 65.9 cm³/mol. The molecule has 2 aromatic heterocycles. The second-order valence-corrected chi connectivity index (χ2v) is 3.71. The van der Waals surface area contributed by atoms with Crippen LogP contribution in [0.4, 0.5) is 0 Å². The molecule has 0 radical (unpaired) electrons. The Bertz CT molecular complexity index is 728. The second kappa shape index (κ2) is 3.48.